The van der Waals surface area contributed by atoms with E-state index in [4.69, 9.17) is 5.73 Å². The van der Waals surface area contributed by atoms with Crippen LogP contribution in [-0.2, 0) is 0 Å². The average Bonchev–Trinajstić information content (AvgIpc) is 2.25. The summed E-state index contributed by atoms with van der Waals surface area (Å²) in [5.74, 6) is 0.754. The third-order valence-electron chi connectivity index (χ3n) is 2.42. The van der Waals surface area contributed by atoms with Crippen molar-refractivity contribution in [3.63, 3.8) is 0 Å². The fourth-order valence-corrected chi connectivity index (χ4v) is 1.55. The topological polar surface area (TPSA) is 71.2 Å². The predicted molar refractivity (Wildman–Crippen MR) is 70.9 cm³/mol. The van der Waals surface area contributed by atoms with Crippen LogP contribution in [0.1, 0.15) is 13.8 Å². The predicted octanol–water partition coefficient (Wildman–Crippen LogP) is 2.00. The number of aliphatic hydroxyl groups is 1. The summed E-state index contributed by atoms with van der Waals surface area (Å²) in [6.07, 6.45) is 0. The standard InChI is InChI=1S/C13H17N3O/c1-13(2,17)8-15-12-6-3-9-7-10(14)4-5-11(9)16-12/h3-7,17H,8,14H2,1-2H3,(H,15,16). The van der Waals surface area contributed by atoms with Crippen LogP contribution >= 0.6 is 0 Å². The third-order valence-corrected chi connectivity index (χ3v) is 2.42. The highest BCUT2D eigenvalue weighted by atomic mass is 16.3. The molecule has 0 amide bonds. The fraction of sp³-hybridized carbons (Fsp3) is 0.308. The number of hydrogen-bond donors (Lipinski definition) is 3. The van der Waals surface area contributed by atoms with E-state index >= 15 is 0 Å². The normalized spacial score (nSPS) is 11.7. The lowest BCUT2D eigenvalue weighted by Crippen LogP contribution is -2.29. The number of aromatic nitrogens is 1. The molecular weight excluding hydrogens is 214 g/mol. The minimum atomic E-state index is -0.752. The van der Waals surface area contributed by atoms with E-state index in [2.05, 4.69) is 10.3 Å². The summed E-state index contributed by atoms with van der Waals surface area (Å²) in [5.41, 5.74) is 6.57. The number of anilines is 2. The minimum absolute atomic E-state index is 0.459. The number of nitrogens with two attached hydrogens (primary N) is 1. The van der Waals surface area contributed by atoms with E-state index < -0.39 is 5.60 Å². The summed E-state index contributed by atoms with van der Waals surface area (Å²) in [6.45, 7) is 3.96. The Hall–Kier alpha value is -1.81. The Kier molecular flexibility index (Phi) is 2.90. The molecule has 0 aliphatic rings. The number of nitrogens with one attached hydrogen (secondary N) is 1. The van der Waals surface area contributed by atoms with E-state index in [-0.39, 0.29) is 0 Å². The Morgan fingerprint density at radius 1 is 1.29 bits per heavy atom. The van der Waals surface area contributed by atoms with Gasteiger partial charge in [0.2, 0.25) is 0 Å². The van der Waals surface area contributed by atoms with Gasteiger partial charge >= 0.3 is 0 Å². The molecule has 0 atom stereocenters. The summed E-state index contributed by atoms with van der Waals surface area (Å²) in [6, 6.07) is 9.45. The van der Waals surface area contributed by atoms with Gasteiger partial charge in [-0.15, -0.1) is 0 Å². The molecule has 17 heavy (non-hydrogen) atoms. The second-order valence-corrected chi connectivity index (χ2v) is 4.81. The molecule has 0 fully saturated rings. The van der Waals surface area contributed by atoms with Gasteiger partial charge in [0.1, 0.15) is 5.82 Å². The molecule has 0 unspecified atom stereocenters. The first-order valence-electron chi connectivity index (χ1n) is 5.57. The average molecular weight is 231 g/mol. The molecule has 0 bridgehead atoms. The van der Waals surface area contributed by atoms with E-state index in [1.165, 1.54) is 0 Å². The highest BCUT2D eigenvalue weighted by Gasteiger charge is 2.11. The van der Waals surface area contributed by atoms with Crippen LogP contribution in [0.15, 0.2) is 30.3 Å². The van der Waals surface area contributed by atoms with Crippen LogP contribution in [0, 0.1) is 0 Å². The Labute approximate surface area is 100 Å². The number of pyridine rings is 1. The van der Waals surface area contributed by atoms with Crippen molar-refractivity contribution in [1.29, 1.82) is 0 Å². The van der Waals surface area contributed by atoms with Crippen LogP contribution in [-0.4, -0.2) is 22.2 Å². The van der Waals surface area contributed by atoms with Gasteiger partial charge in [0.15, 0.2) is 0 Å². The lowest BCUT2D eigenvalue weighted by Gasteiger charge is -2.18. The zero-order valence-corrected chi connectivity index (χ0v) is 10.1. The smallest absolute Gasteiger partial charge is 0.126 e. The van der Waals surface area contributed by atoms with Crippen molar-refractivity contribution in [2.75, 3.05) is 17.6 Å². The maximum atomic E-state index is 9.62. The molecule has 1 aromatic heterocycles. The highest BCUT2D eigenvalue weighted by Crippen LogP contribution is 2.18. The van der Waals surface area contributed by atoms with Gasteiger partial charge in [-0.05, 0) is 44.2 Å². The Bertz CT molecular complexity index is 532. The van der Waals surface area contributed by atoms with Crippen LogP contribution in [0.5, 0.6) is 0 Å². The van der Waals surface area contributed by atoms with Crippen molar-refractivity contribution < 1.29 is 5.11 Å². The van der Waals surface area contributed by atoms with Gasteiger partial charge in [0, 0.05) is 17.6 Å². The lowest BCUT2D eigenvalue weighted by atomic mass is 10.1. The molecule has 4 N–H and O–H groups in total. The second-order valence-electron chi connectivity index (χ2n) is 4.81. The summed E-state index contributed by atoms with van der Waals surface area (Å²) in [4.78, 5) is 4.44. The number of hydrogen-bond acceptors (Lipinski definition) is 4. The van der Waals surface area contributed by atoms with Crippen LogP contribution < -0.4 is 11.1 Å². The molecule has 2 rings (SSSR count). The zero-order chi connectivity index (χ0) is 12.5. The van der Waals surface area contributed by atoms with E-state index in [0.29, 0.717) is 6.54 Å². The lowest BCUT2D eigenvalue weighted by molar-refractivity contribution is 0.0944. The first-order valence-corrected chi connectivity index (χ1v) is 5.57. The molecule has 1 aromatic carbocycles. The summed E-state index contributed by atoms with van der Waals surface area (Å²) in [5, 5.41) is 13.7. The van der Waals surface area contributed by atoms with Crippen molar-refractivity contribution in [2.45, 2.75) is 19.4 Å². The van der Waals surface area contributed by atoms with Gasteiger partial charge in [0.05, 0.1) is 11.1 Å². The highest BCUT2D eigenvalue weighted by molar-refractivity contribution is 5.83. The second kappa shape index (κ2) is 4.22. The molecule has 0 aliphatic heterocycles. The van der Waals surface area contributed by atoms with Crippen molar-refractivity contribution >= 4 is 22.4 Å². The Morgan fingerprint density at radius 3 is 2.76 bits per heavy atom. The zero-order valence-electron chi connectivity index (χ0n) is 10.1. The first kappa shape index (κ1) is 11.7. The molecule has 0 radical (unpaired) electrons. The van der Waals surface area contributed by atoms with Gasteiger partial charge in [-0.1, -0.05) is 0 Å². The van der Waals surface area contributed by atoms with Gasteiger partial charge in [-0.2, -0.15) is 0 Å². The molecule has 0 saturated heterocycles. The quantitative estimate of drug-likeness (QED) is 0.706. The van der Waals surface area contributed by atoms with E-state index in [9.17, 15) is 5.11 Å². The number of rotatable bonds is 3. The number of nitrogen functional groups attached to an aromatic ring is 1. The van der Waals surface area contributed by atoms with Crippen molar-refractivity contribution in [2.24, 2.45) is 0 Å². The monoisotopic (exact) mass is 231 g/mol. The molecule has 0 saturated carbocycles. The molecule has 2 aromatic rings. The van der Waals surface area contributed by atoms with E-state index in [1.54, 1.807) is 13.8 Å². The fourth-order valence-electron chi connectivity index (χ4n) is 1.55. The molecular formula is C13H17N3O. The molecule has 1 heterocycles. The summed E-state index contributed by atoms with van der Waals surface area (Å²) < 4.78 is 0. The van der Waals surface area contributed by atoms with Crippen molar-refractivity contribution in [3.8, 4) is 0 Å². The van der Waals surface area contributed by atoms with Gasteiger partial charge in [-0.25, -0.2) is 4.98 Å². The summed E-state index contributed by atoms with van der Waals surface area (Å²) >= 11 is 0. The number of nitrogens with zero attached hydrogens (tertiary/aromatic N) is 1. The molecule has 4 heteroatoms. The van der Waals surface area contributed by atoms with Crippen LogP contribution in [0.3, 0.4) is 0 Å². The van der Waals surface area contributed by atoms with Crippen LogP contribution in [0.2, 0.25) is 0 Å². The molecule has 90 valence electrons. The van der Waals surface area contributed by atoms with Crippen LogP contribution in [0.4, 0.5) is 11.5 Å². The maximum Gasteiger partial charge on any atom is 0.126 e. The van der Waals surface area contributed by atoms with E-state index in [1.807, 2.05) is 30.3 Å². The Morgan fingerprint density at radius 2 is 2.06 bits per heavy atom. The van der Waals surface area contributed by atoms with Gasteiger partial charge in [-0.3, -0.25) is 0 Å². The largest absolute Gasteiger partial charge is 0.399 e. The molecule has 0 spiro atoms. The number of benzene rings is 1. The minimum Gasteiger partial charge on any atom is -0.399 e. The first-order chi connectivity index (χ1) is 7.94. The van der Waals surface area contributed by atoms with Crippen LogP contribution in [0.25, 0.3) is 10.9 Å². The third kappa shape index (κ3) is 3.07. The van der Waals surface area contributed by atoms with Crippen molar-refractivity contribution in [3.05, 3.63) is 30.3 Å². The summed E-state index contributed by atoms with van der Waals surface area (Å²) in [7, 11) is 0. The van der Waals surface area contributed by atoms with Gasteiger partial charge < -0.3 is 16.2 Å². The van der Waals surface area contributed by atoms with E-state index in [0.717, 1.165) is 22.4 Å². The Balaban J connectivity index is 2.23. The van der Waals surface area contributed by atoms with Gasteiger partial charge in [0.25, 0.3) is 0 Å². The molecule has 0 aliphatic carbocycles. The van der Waals surface area contributed by atoms with Crippen molar-refractivity contribution in [1.82, 2.24) is 4.98 Å². The molecule has 4 nitrogen and oxygen atoms in total. The number of fused-ring (bicyclic) bond motifs is 1. The SMILES string of the molecule is CC(C)(O)CNc1ccc2cc(N)ccc2n1. The maximum absolute atomic E-state index is 9.62.